The molecule has 1 atom stereocenters. The van der Waals surface area contributed by atoms with Crippen molar-refractivity contribution in [2.45, 2.75) is 57.7 Å². The van der Waals surface area contributed by atoms with Crippen LogP contribution in [0.2, 0.25) is 0 Å². The minimum atomic E-state index is -1.09. The molecule has 3 N–H and O–H groups in total. The Balaban J connectivity index is 1.57. The van der Waals surface area contributed by atoms with Crippen LogP contribution in [0.4, 0.5) is 5.69 Å². The Labute approximate surface area is 220 Å². The number of hydrogen-bond donors (Lipinski definition) is 3. The summed E-state index contributed by atoms with van der Waals surface area (Å²) in [6.07, 6.45) is 4.97. The maximum Gasteiger partial charge on any atom is 0.249 e. The lowest BCUT2D eigenvalue weighted by atomic mass is 9.94. The number of nitrogens with zero attached hydrogens (tertiary/aromatic N) is 4. The highest BCUT2D eigenvalue weighted by molar-refractivity contribution is 6.01. The summed E-state index contributed by atoms with van der Waals surface area (Å²) in [5.41, 5.74) is 3.29. The molecule has 0 aliphatic heterocycles. The van der Waals surface area contributed by atoms with E-state index in [1.54, 1.807) is 18.2 Å². The first-order chi connectivity index (χ1) is 18.4. The van der Waals surface area contributed by atoms with E-state index in [4.69, 9.17) is 0 Å². The fourth-order valence-corrected chi connectivity index (χ4v) is 5.04. The molecule has 1 aliphatic rings. The Morgan fingerprint density at radius 1 is 1.00 bits per heavy atom. The lowest BCUT2D eigenvalue weighted by Crippen LogP contribution is -2.48. The lowest BCUT2D eigenvalue weighted by molar-refractivity contribution is -0.127. The van der Waals surface area contributed by atoms with Crippen LogP contribution in [0.1, 0.15) is 49.3 Å². The Morgan fingerprint density at radius 2 is 1.74 bits per heavy atom. The Bertz CT molecular complexity index is 1440. The zero-order valence-corrected chi connectivity index (χ0v) is 21.2. The highest BCUT2D eigenvalue weighted by atomic mass is 16.3. The van der Waals surface area contributed by atoms with E-state index < -0.39 is 6.04 Å². The molecule has 0 radical (unpaired) electrons. The molecular weight excluding hydrogens is 482 g/mol. The summed E-state index contributed by atoms with van der Waals surface area (Å²) in [7, 11) is 0. The first-order valence-electron chi connectivity index (χ1n) is 12.9. The van der Waals surface area contributed by atoms with Gasteiger partial charge in [0.2, 0.25) is 11.8 Å². The van der Waals surface area contributed by atoms with Gasteiger partial charge in [-0.25, -0.2) is 4.68 Å². The molecule has 196 valence electrons. The van der Waals surface area contributed by atoms with Gasteiger partial charge in [0.1, 0.15) is 18.1 Å². The Morgan fingerprint density at radius 3 is 2.47 bits per heavy atom. The summed E-state index contributed by atoms with van der Waals surface area (Å²) < 4.78 is 1.52. The monoisotopic (exact) mass is 513 g/mol. The van der Waals surface area contributed by atoms with Crippen LogP contribution in [0, 0.1) is 6.92 Å². The normalized spacial score (nSPS) is 14.8. The molecule has 9 nitrogen and oxygen atoms in total. The number of phenolic OH excluding ortho intramolecular Hbond substituents is 2. The highest BCUT2D eigenvalue weighted by Crippen LogP contribution is 2.34. The van der Waals surface area contributed by atoms with Crippen LogP contribution in [0.15, 0.2) is 66.7 Å². The van der Waals surface area contributed by atoms with E-state index in [1.807, 2.05) is 43.3 Å². The maximum absolute atomic E-state index is 14.0. The van der Waals surface area contributed by atoms with Crippen LogP contribution < -0.4 is 10.2 Å². The van der Waals surface area contributed by atoms with Gasteiger partial charge in [-0.1, -0.05) is 60.4 Å². The fraction of sp³-hybridized carbons (Fsp3) is 0.310. The summed E-state index contributed by atoms with van der Waals surface area (Å²) in [5.74, 6) is -1.39. The summed E-state index contributed by atoms with van der Waals surface area (Å²) in [6, 6.07) is 17.9. The molecule has 1 aromatic heterocycles. The number of anilines is 1. The molecule has 0 unspecified atom stereocenters. The van der Waals surface area contributed by atoms with Crippen molar-refractivity contribution in [3.8, 4) is 11.5 Å². The Kier molecular flexibility index (Phi) is 7.26. The number of aromatic hydroxyl groups is 2. The molecule has 3 aromatic carbocycles. The number of nitrogens with one attached hydrogen (secondary N) is 1. The topological polar surface area (TPSA) is 121 Å². The van der Waals surface area contributed by atoms with Crippen molar-refractivity contribution in [1.29, 1.82) is 0 Å². The molecule has 5 rings (SSSR count). The summed E-state index contributed by atoms with van der Waals surface area (Å²) in [4.78, 5) is 29.4. The second-order valence-corrected chi connectivity index (χ2v) is 9.83. The molecule has 0 bridgehead atoms. The number of aryl methyl sites for hydroxylation is 1. The summed E-state index contributed by atoms with van der Waals surface area (Å²) >= 11 is 0. The fourth-order valence-electron chi connectivity index (χ4n) is 5.04. The number of phenols is 2. The van der Waals surface area contributed by atoms with Gasteiger partial charge in [-0.3, -0.25) is 14.5 Å². The van der Waals surface area contributed by atoms with Gasteiger partial charge in [0.25, 0.3) is 0 Å². The predicted octanol–water partition coefficient (Wildman–Crippen LogP) is 4.37. The second kappa shape index (κ2) is 10.9. The lowest BCUT2D eigenvalue weighted by Gasteiger charge is -2.33. The first-order valence-corrected chi connectivity index (χ1v) is 12.9. The third-order valence-electron chi connectivity index (χ3n) is 7.06. The quantitative estimate of drug-likeness (QED) is 0.316. The molecular formula is C29H31N5O4. The van der Waals surface area contributed by atoms with Gasteiger partial charge in [0.05, 0.1) is 5.52 Å². The van der Waals surface area contributed by atoms with Crippen LogP contribution in [0.3, 0.4) is 0 Å². The molecule has 0 saturated heterocycles. The molecule has 0 spiro atoms. The zero-order valence-electron chi connectivity index (χ0n) is 21.2. The number of aromatic nitrogens is 3. The van der Waals surface area contributed by atoms with Crippen LogP contribution in [0.25, 0.3) is 11.0 Å². The van der Waals surface area contributed by atoms with Crippen LogP contribution in [0.5, 0.6) is 11.5 Å². The minimum Gasteiger partial charge on any atom is -0.504 e. The van der Waals surface area contributed by atoms with Crippen molar-refractivity contribution in [3.63, 3.8) is 0 Å². The van der Waals surface area contributed by atoms with E-state index in [2.05, 4.69) is 15.6 Å². The number of para-hydroxylation sites is 1. The molecule has 38 heavy (non-hydrogen) atoms. The minimum absolute atomic E-state index is 0.0127. The van der Waals surface area contributed by atoms with E-state index in [1.165, 1.54) is 21.7 Å². The van der Waals surface area contributed by atoms with Crippen molar-refractivity contribution in [2.75, 3.05) is 4.90 Å². The van der Waals surface area contributed by atoms with Crippen molar-refractivity contribution in [1.82, 2.24) is 20.3 Å². The van der Waals surface area contributed by atoms with Crippen molar-refractivity contribution >= 4 is 28.5 Å². The van der Waals surface area contributed by atoms with Gasteiger partial charge < -0.3 is 15.5 Å². The van der Waals surface area contributed by atoms with Crippen molar-refractivity contribution in [2.24, 2.45) is 0 Å². The number of benzene rings is 3. The third-order valence-corrected chi connectivity index (χ3v) is 7.06. The van der Waals surface area contributed by atoms with Crippen LogP contribution >= 0.6 is 0 Å². The molecule has 9 heteroatoms. The number of carbonyl (C=O) groups is 2. The van der Waals surface area contributed by atoms with Crippen LogP contribution in [-0.2, 0) is 16.1 Å². The first kappa shape index (κ1) is 25.3. The van der Waals surface area contributed by atoms with Crippen molar-refractivity contribution < 1.29 is 19.8 Å². The van der Waals surface area contributed by atoms with E-state index in [0.29, 0.717) is 22.3 Å². The van der Waals surface area contributed by atoms with E-state index in [9.17, 15) is 19.8 Å². The Hall–Kier alpha value is -4.40. The molecule has 1 heterocycles. The van der Waals surface area contributed by atoms with Gasteiger partial charge in [-0.05, 0) is 61.7 Å². The standard InChI is InChI=1S/C29H31N5O4/c1-19-11-14-22(15-12-19)34(27(37)18-33-24-10-6-5-9-23(24)31-32-33)28(20-13-16-25(35)26(36)17-20)29(38)30-21-7-3-2-4-8-21/h5-6,9-17,21,28,35-36H,2-4,7-8,18H2,1H3,(H,30,38)/t28-/m0/s1. The molecule has 1 saturated carbocycles. The van der Waals surface area contributed by atoms with E-state index in [-0.39, 0.29) is 35.9 Å². The highest BCUT2D eigenvalue weighted by Gasteiger charge is 2.35. The number of fused-ring (bicyclic) bond motifs is 1. The van der Waals surface area contributed by atoms with Crippen molar-refractivity contribution in [3.05, 3.63) is 77.9 Å². The largest absolute Gasteiger partial charge is 0.504 e. The average molecular weight is 514 g/mol. The predicted molar refractivity (Wildman–Crippen MR) is 144 cm³/mol. The number of carbonyl (C=O) groups excluding carboxylic acids is 2. The summed E-state index contributed by atoms with van der Waals surface area (Å²) in [6.45, 7) is 1.80. The zero-order chi connectivity index (χ0) is 26.6. The molecule has 1 aliphatic carbocycles. The smallest absolute Gasteiger partial charge is 0.249 e. The van der Waals surface area contributed by atoms with Gasteiger partial charge >= 0.3 is 0 Å². The van der Waals surface area contributed by atoms with Gasteiger partial charge in [0, 0.05) is 11.7 Å². The number of hydrogen-bond acceptors (Lipinski definition) is 6. The average Bonchev–Trinajstić information content (AvgIpc) is 3.32. The molecule has 1 fully saturated rings. The maximum atomic E-state index is 14.0. The van der Waals surface area contributed by atoms with Crippen LogP contribution in [-0.4, -0.2) is 43.1 Å². The summed E-state index contributed by atoms with van der Waals surface area (Å²) in [5, 5.41) is 31.7. The van der Waals surface area contributed by atoms with E-state index >= 15 is 0 Å². The van der Waals surface area contributed by atoms with E-state index in [0.717, 1.165) is 37.7 Å². The SMILES string of the molecule is Cc1ccc(N(C(=O)Cn2nnc3ccccc32)[C@H](C(=O)NC2CCCCC2)c2ccc(O)c(O)c2)cc1. The third kappa shape index (κ3) is 5.32. The number of amides is 2. The molecule has 2 amide bonds. The van der Waals surface area contributed by atoms with Gasteiger partial charge in [-0.2, -0.15) is 0 Å². The van der Waals surface area contributed by atoms with Gasteiger partial charge in [0.15, 0.2) is 11.5 Å². The van der Waals surface area contributed by atoms with Gasteiger partial charge in [-0.15, -0.1) is 5.10 Å². The number of rotatable bonds is 7. The second-order valence-electron chi connectivity index (χ2n) is 9.83. The molecule has 4 aromatic rings.